The van der Waals surface area contributed by atoms with Gasteiger partial charge in [-0.2, -0.15) is 13.2 Å². The second-order valence-corrected chi connectivity index (χ2v) is 10.1. The largest absolute Gasteiger partial charge is 0.573 e. The van der Waals surface area contributed by atoms with Gasteiger partial charge in [0.15, 0.2) is 17.6 Å². The second kappa shape index (κ2) is 10.8. The van der Waals surface area contributed by atoms with Crippen molar-refractivity contribution in [2.75, 3.05) is 0 Å². The molecule has 2 aromatic heterocycles. The first kappa shape index (κ1) is 29.5. The summed E-state index contributed by atoms with van der Waals surface area (Å²) in [6, 6.07) is 10.1. The van der Waals surface area contributed by atoms with E-state index in [1.165, 1.54) is 19.1 Å². The number of ether oxygens (including phenoxy) is 2. The molecule has 2 atom stereocenters. The standard InChI is InChI=1S/C25H19ClF6N2O5S/c1-11-19-21(36)33-23(37)34(10-18(35)24(27,28)29)22(19)40-20(11)14-5-8-16(17(9-14)39-25(30,31)32)38-12(2)13-3-6-15(26)7-4-13/h3-9,12,18,35H,10H2,1-2H3,(H,33,36,37)/t12-,18+/m0/s1. The number of hydrogen-bond acceptors (Lipinski definition) is 6. The summed E-state index contributed by atoms with van der Waals surface area (Å²) >= 11 is 6.58. The van der Waals surface area contributed by atoms with E-state index in [4.69, 9.17) is 16.3 Å². The molecule has 4 aromatic rings. The molecule has 0 unspecified atom stereocenters. The number of hydrogen-bond donors (Lipinski definition) is 2. The quantitative estimate of drug-likeness (QED) is 0.239. The van der Waals surface area contributed by atoms with Gasteiger partial charge in [-0.15, -0.1) is 24.5 Å². The van der Waals surface area contributed by atoms with E-state index in [9.17, 15) is 41.0 Å². The highest BCUT2D eigenvalue weighted by molar-refractivity contribution is 7.22. The minimum absolute atomic E-state index is 0.110. The number of aliphatic hydroxyl groups is 1. The average molecular weight is 609 g/mol. The summed E-state index contributed by atoms with van der Waals surface area (Å²) in [6.45, 7) is 1.83. The molecule has 0 fully saturated rings. The molecule has 0 aliphatic carbocycles. The Labute approximate surface area is 230 Å². The molecule has 0 spiro atoms. The van der Waals surface area contributed by atoms with Crippen molar-refractivity contribution in [1.82, 2.24) is 9.55 Å². The number of alkyl halides is 6. The summed E-state index contributed by atoms with van der Waals surface area (Å²) in [5.41, 5.74) is -1.17. The normalized spacial score (nSPS) is 13.8. The smallest absolute Gasteiger partial charge is 0.482 e. The average Bonchev–Trinajstić information content (AvgIpc) is 3.19. The van der Waals surface area contributed by atoms with Crippen LogP contribution in [0.4, 0.5) is 26.3 Å². The van der Waals surface area contributed by atoms with Crippen LogP contribution in [0, 0.1) is 6.92 Å². The van der Waals surface area contributed by atoms with Gasteiger partial charge in [-0.25, -0.2) is 4.79 Å². The molecule has 2 N–H and O–H groups in total. The van der Waals surface area contributed by atoms with E-state index < -0.39 is 48.3 Å². The summed E-state index contributed by atoms with van der Waals surface area (Å²) in [4.78, 5) is 26.8. The zero-order valence-electron chi connectivity index (χ0n) is 20.5. The Bertz CT molecular complexity index is 1660. The topological polar surface area (TPSA) is 93.5 Å². The van der Waals surface area contributed by atoms with Crippen LogP contribution in [0.25, 0.3) is 20.7 Å². The maximum atomic E-state index is 13.3. The van der Waals surface area contributed by atoms with Gasteiger partial charge in [-0.05, 0) is 60.9 Å². The summed E-state index contributed by atoms with van der Waals surface area (Å²) in [5.74, 6) is -0.966. The molecule has 0 radical (unpaired) electrons. The van der Waals surface area contributed by atoms with E-state index in [0.29, 0.717) is 26.5 Å². The highest BCUT2D eigenvalue weighted by Crippen LogP contribution is 2.42. The van der Waals surface area contributed by atoms with Crippen LogP contribution in [0.1, 0.15) is 24.2 Å². The lowest BCUT2D eigenvalue weighted by Crippen LogP contribution is -2.38. The lowest BCUT2D eigenvalue weighted by atomic mass is 10.1. The van der Waals surface area contributed by atoms with Crippen LogP contribution in [0.15, 0.2) is 52.1 Å². The number of aliphatic hydroxyl groups excluding tert-OH is 1. The Morgan fingerprint density at radius 1 is 1.05 bits per heavy atom. The highest BCUT2D eigenvalue weighted by Gasteiger charge is 2.39. The van der Waals surface area contributed by atoms with Crippen molar-refractivity contribution in [2.45, 2.75) is 45.1 Å². The number of nitrogens with zero attached hydrogens (tertiary/aromatic N) is 1. The Hall–Kier alpha value is -3.49. The molecule has 0 aliphatic rings. The fourth-order valence-corrected chi connectivity index (χ4v) is 5.37. The molecule has 40 heavy (non-hydrogen) atoms. The Morgan fingerprint density at radius 3 is 2.30 bits per heavy atom. The molecule has 0 saturated heterocycles. The molecule has 15 heteroatoms. The third-order valence-electron chi connectivity index (χ3n) is 5.87. The molecule has 0 aliphatic heterocycles. The van der Waals surface area contributed by atoms with Crippen LogP contribution in [-0.2, 0) is 6.54 Å². The van der Waals surface area contributed by atoms with E-state index in [-0.39, 0.29) is 32.0 Å². The molecular weight excluding hydrogens is 590 g/mol. The van der Waals surface area contributed by atoms with Gasteiger partial charge in [0.2, 0.25) is 0 Å². The SMILES string of the molecule is Cc1c(-c2ccc(O[C@@H](C)c3ccc(Cl)cc3)c(OC(F)(F)F)c2)sc2c1c(=O)[nH]c(=O)n2C[C@@H](O)C(F)(F)F. The van der Waals surface area contributed by atoms with Gasteiger partial charge in [0.1, 0.15) is 10.9 Å². The van der Waals surface area contributed by atoms with E-state index >= 15 is 0 Å². The Balaban J connectivity index is 1.81. The number of aromatic amines is 1. The number of thiophene rings is 1. The molecule has 0 bridgehead atoms. The second-order valence-electron chi connectivity index (χ2n) is 8.68. The number of fused-ring (bicyclic) bond motifs is 1. The number of H-pyrrole nitrogens is 1. The van der Waals surface area contributed by atoms with E-state index in [1.807, 2.05) is 4.98 Å². The maximum Gasteiger partial charge on any atom is 0.573 e. The van der Waals surface area contributed by atoms with E-state index in [0.717, 1.165) is 6.07 Å². The molecule has 0 saturated carbocycles. The first-order chi connectivity index (χ1) is 18.5. The predicted molar refractivity (Wildman–Crippen MR) is 136 cm³/mol. The predicted octanol–water partition coefficient (Wildman–Crippen LogP) is 6.34. The first-order valence-corrected chi connectivity index (χ1v) is 12.6. The van der Waals surface area contributed by atoms with Crippen LogP contribution < -0.4 is 20.7 Å². The maximum absolute atomic E-state index is 13.3. The van der Waals surface area contributed by atoms with Crippen molar-refractivity contribution in [3.63, 3.8) is 0 Å². The summed E-state index contributed by atoms with van der Waals surface area (Å²) in [6.07, 6.45) is -13.8. The number of nitrogens with one attached hydrogen (secondary N) is 1. The number of rotatable bonds is 7. The highest BCUT2D eigenvalue weighted by atomic mass is 35.5. The van der Waals surface area contributed by atoms with Gasteiger partial charge in [-0.1, -0.05) is 23.7 Å². The first-order valence-electron chi connectivity index (χ1n) is 11.4. The minimum Gasteiger partial charge on any atom is -0.482 e. The summed E-state index contributed by atoms with van der Waals surface area (Å²) in [5, 5.41) is 9.82. The zero-order chi connectivity index (χ0) is 29.6. The van der Waals surface area contributed by atoms with Gasteiger partial charge < -0.3 is 14.6 Å². The fraction of sp³-hybridized carbons (Fsp3) is 0.280. The van der Waals surface area contributed by atoms with E-state index in [1.54, 1.807) is 31.2 Å². The molecule has 4 rings (SSSR count). The monoisotopic (exact) mass is 608 g/mol. The van der Waals surface area contributed by atoms with Gasteiger partial charge >= 0.3 is 18.2 Å². The van der Waals surface area contributed by atoms with Crippen molar-refractivity contribution < 1.29 is 40.9 Å². The van der Waals surface area contributed by atoms with Crippen LogP contribution in [0.5, 0.6) is 11.5 Å². The van der Waals surface area contributed by atoms with Gasteiger partial charge in [0.25, 0.3) is 5.56 Å². The van der Waals surface area contributed by atoms with Crippen molar-refractivity contribution in [2.24, 2.45) is 0 Å². The van der Waals surface area contributed by atoms with Gasteiger partial charge in [0, 0.05) is 9.90 Å². The third kappa shape index (κ3) is 6.29. The number of halogens is 7. The van der Waals surface area contributed by atoms with Crippen LogP contribution in [0.3, 0.4) is 0 Å². The van der Waals surface area contributed by atoms with Crippen molar-refractivity contribution in [3.8, 4) is 21.9 Å². The molecule has 214 valence electrons. The minimum atomic E-state index is -5.10. The number of aromatic nitrogens is 2. The third-order valence-corrected chi connectivity index (χ3v) is 7.49. The van der Waals surface area contributed by atoms with Crippen molar-refractivity contribution in [1.29, 1.82) is 0 Å². The molecule has 0 amide bonds. The number of benzene rings is 2. The molecule has 7 nitrogen and oxygen atoms in total. The molecular formula is C25H19ClF6N2O5S. The van der Waals surface area contributed by atoms with E-state index in [2.05, 4.69) is 4.74 Å². The molecule has 2 aromatic carbocycles. The van der Waals surface area contributed by atoms with Crippen molar-refractivity contribution >= 4 is 33.2 Å². The van der Waals surface area contributed by atoms with Gasteiger partial charge in [-0.3, -0.25) is 14.3 Å². The fourth-order valence-electron chi connectivity index (χ4n) is 3.94. The molecule has 2 heterocycles. The zero-order valence-corrected chi connectivity index (χ0v) is 22.1. The van der Waals surface area contributed by atoms with Crippen LogP contribution >= 0.6 is 22.9 Å². The Morgan fingerprint density at radius 2 is 1.70 bits per heavy atom. The van der Waals surface area contributed by atoms with Crippen molar-refractivity contribution in [3.05, 3.63) is 79.5 Å². The number of aryl methyl sites for hydroxylation is 1. The summed E-state index contributed by atoms with van der Waals surface area (Å²) in [7, 11) is 0. The van der Waals surface area contributed by atoms with Crippen LogP contribution in [-0.4, -0.2) is 33.3 Å². The van der Waals surface area contributed by atoms with Crippen LogP contribution in [0.2, 0.25) is 5.02 Å². The summed E-state index contributed by atoms with van der Waals surface area (Å²) < 4.78 is 89.3. The lowest BCUT2D eigenvalue weighted by Gasteiger charge is -2.19. The lowest BCUT2D eigenvalue weighted by molar-refractivity contribution is -0.275. The van der Waals surface area contributed by atoms with Gasteiger partial charge in [0.05, 0.1) is 11.9 Å². The Kier molecular flexibility index (Phi) is 7.98.